The minimum atomic E-state index is -0.967. The number of aliphatic carboxylic acids is 1. The van der Waals surface area contributed by atoms with E-state index in [1.807, 2.05) is 0 Å². The second-order valence-corrected chi connectivity index (χ2v) is 4.02. The Morgan fingerprint density at radius 3 is 2.47 bits per heavy atom. The molecule has 1 rings (SSSR count). The highest BCUT2D eigenvalue weighted by molar-refractivity contribution is 5.96. The quantitative estimate of drug-likeness (QED) is 0.857. The molecule has 0 fully saturated rings. The third-order valence-corrected chi connectivity index (χ3v) is 2.89. The highest BCUT2D eigenvalue weighted by atomic mass is 16.4. The number of rotatable bonds is 4. The maximum atomic E-state index is 12.0. The fourth-order valence-electron chi connectivity index (χ4n) is 1.41. The number of anilines is 1. The van der Waals surface area contributed by atoms with Crippen LogP contribution in [0.4, 0.5) is 5.69 Å². The van der Waals surface area contributed by atoms with Crippen molar-refractivity contribution in [1.29, 1.82) is 0 Å². The normalized spacial score (nSPS) is 13.8. The number of carbonyl (C=O) groups is 2. The Bertz CT molecular complexity index is 405. The van der Waals surface area contributed by atoms with Crippen LogP contribution >= 0.6 is 0 Å². The lowest BCUT2D eigenvalue weighted by molar-refractivity contribution is -0.145. The third kappa shape index (κ3) is 3.03. The molecule has 1 heterocycles. The molecular formula is C12H16N2O3. The van der Waals surface area contributed by atoms with Gasteiger partial charge in [0.2, 0.25) is 5.91 Å². The SMILES string of the molecule is CC(C(=O)O)C(C)C(=O)N(C)c1cccnc1. The summed E-state index contributed by atoms with van der Waals surface area (Å²) in [5.74, 6) is -2.47. The first-order valence-electron chi connectivity index (χ1n) is 5.35. The number of hydrogen-bond acceptors (Lipinski definition) is 3. The Morgan fingerprint density at radius 1 is 1.35 bits per heavy atom. The second-order valence-electron chi connectivity index (χ2n) is 4.02. The average Bonchev–Trinajstić information content (AvgIpc) is 2.36. The fourth-order valence-corrected chi connectivity index (χ4v) is 1.41. The summed E-state index contributed by atoms with van der Waals surface area (Å²) in [6, 6.07) is 3.48. The first-order chi connectivity index (χ1) is 7.95. The molecule has 92 valence electrons. The Kier molecular flexibility index (Phi) is 4.20. The molecule has 0 aromatic carbocycles. The monoisotopic (exact) mass is 236 g/mol. The molecule has 1 amide bonds. The van der Waals surface area contributed by atoms with Crippen molar-refractivity contribution in [3.05, 3.63) is 24.5 Å². The van der Waals surface area contributed by atoms with Crippen molar-refractivity contribution in [2.45, 2.75) is 13.8 Å². The van der Waals surface area contributed by atoms with E-state index in [4.69, 9.17) is 5.11 Å². The number of aromatic nitrogens is 1. The largest absolute Gasteiger partial charge is 0.481 e. The van der Waals surface area contributed by atoms with Crippen molar-refractivity contribution in [2.75, 3.05) is 11.9 Å². The van der Waals surface area contributed by atoms with Crippen LogP contribution in [-0.2, 0) is 9.59 Å². The van der Waals surface area contributed by atoms with Crippen molar-refractivity contribution in [3.8, 4) is 0 Å². The van der Waals surface area contributed by atoms with Gasteiger partial charge in [0, 0.05) is 19.2 Å². The van der Waals surface area contributed by atoms with Gasteiger partial charge in [0.25, 0.3) is 0 Å². The summed E-state index contributed by atoms with van der Waals surface area (Å²) in [5.41, 5.74) is 0.655. The Morgan fingerprint density at radius 2 is 2.00 bits per heavy atom. The van der Waals surface area contributed by atoms with Crippen LogP contribution in [-0.4, -0.2) is 29.0 Å². The summed E-state index contributed by atoms with van der Waals surface area (Å²) >= 11 is 0. The van der Waals surface area contributed by atoms with Crippen LogP contribution in [0, 0.1) is 11.8 Å². The second kappa shape index (κ2) is 5.43. The van der Waals surface area contributed by atoms with Gasteiger partial charge < -0.3 is 10.0 Å². The molecule has 1 N–H and O–H groups in total. The average molecular weight is 236 g/mol. The van der Waals surface area contributed by atoms with Gasteiger partial charge in [-0.1, -0.05) is 13.8 Å². The van der Waals surface area contributed by atoms with E-state index in [1.54, 1.807) is 38.5 Å². The van der Waals surface area contributed by atoms with Crippen LogP contribution in [0.2, 0.25) is 0 Å². The minimum Gasteiger partial charge on any atom is -0.481 e. The van der Waals surface area contributed by atoms with Crippen molar-refractivity contribution in [1.82, 2.24) is 4.98 Å². The van der Waals surface area contributed by atoms with E-state index < -0.39 is 17.8 Å². The molecule has 0 spiro atoms. The Balaban J connectivity index is 2.80. The van der Waals surface area contributed by atoms with Crippen molar-refractivity contribution < 1.29 is 14.7 Å². The highest BCUT2D eigenvalue weighted by Gasteiger charge is 2.28. The highest BCUT2D eigenvalue weighted by Crippen LogP contribution is 2.18. The molecule has 0 bridgehead atoms. The summed E-state index contributed by atoms with van der Waals surface area (Å²) in [5, 5.41) is 8.87. The van der Waals surface area contributed by atoms with E-state index in [2.05, 4.69) is 4.98 Å². The molecule has 5 heteroatoms. The zero-order valence-corrected chi connectivity index (χ0v) is 10.1. The molecule has 0 aliphatic heterocycles. The Hall–Kier alpha value is -1.91. The number of hydrogen-bond donors (Lipinski definition) is 1. The van der Waals surface area contributed by atoms with Gasteiger partial charge in [0.05, 0.1) is 17.8 Å². The lowest BCUT2D eigenvalue weighted by Crippen LogP contribution is -2.36. The van der Waals surface area contributed by atoms with E-state index in [-0.39, 0.29) is 5.91 Å². The van der Waals surface area contributed by atoms with Crippen LogP contribution in [0.15, 0.2) is 24.5 Å². The summed E-state index contributed by atoms with van der Waals surface area (Å²) in [4.78, 5) is 28.2. The maximum Gasteiger partial charge on any atom is 0.307 e. The van der Waals surface area contributed by atoms with E-state index in [1.165, 1.54) is 11.8 Å². The van der Waals surface area contributed by atoms with Crippen LogP contribution in [0.3, 0.4) is 0 Å². The summed E-state index contributed by atoms with van der Waals surface area (Å²) < 4.78 is 0. The Labute approximate surface area is 100 Å². The fraction of sp³-hybridized carbons (Fsp3) is 0.417. The number of carboxylic acid groups (broad SMARTS) is 1. The predicted molar refractivity (Wildman–Crippen MR) is 63.6 cm³/mol. The van der Waals surface area contributed by atoms with Gasteiger partial charge in [0.1, 0.15) is 0 Å². The number of carboxylic acids is 1. The molecule has 0 saturated carbocycles. The van der Waals surface area contributed by atoms with E-state index in [0.29, 0.717) is 5.69 Å². The summed E-state index contributed by atoms with van der Waals surface area (Å²) in [6.07, 6.45) is 3.18. The molecule has 17 heavy (non-hydrogen) atoms. The third-order valence-electron chi connectivity index (χ3n) is 2.89. The molecule has 0 radical (unpaired) electrons. The molecule has 0 aliphatic rings. The molecule has 2 atom stereocenters. The number of nitrogens with zero attached hydrogens (tertiary/aromatic N) is 2. The van der Waals surface area contributed by atoms with Crippen LogP contribution in [0.5, 0.6) is 0 Å². The molecule has 0 saturated heterocycles. The standard InChI is InChI=1S/C12H16N2O3/c1-8(9(2)12(16)17)11(15)14(3)10-5-4-6-13-7-10/h4-9H,1-3H3,(H,16,17). The van der Waals surface area contributed by atoms with Gasteiger partial charge in [-0.3, -0.25) is 14.6 Å². The zero-order valence-electron chi connectivity index (χ0n) is 10.1. The minimum absolute atomic E-state index is 0.229. The van der Waals surface area contributed by atoms with Crippen molar-refractivity contribution in [2.24, 2.45) is 11.8 Å². The van der Waals surface area contributed by atoms with E-state index >= 15 is 0 Å². The van der Waals surface area contributed by atoms with E-state index in [0.717, 1.165) is 0 Å². The van der Waals surface area contributed by atoms with Crippen LogP contribution < -0.4 is 4.90 Å². The molecule has 5 nitrogen and oxygen atoms in total. The first kappa shape index (κ1) is 13.2. The van der Waals surface area contributed by atoms with Crippen molar-refractivity contribution >= 4 is 17.6 Å². The predicted octanol–water partition coefficient (Wildman–Crippen LogP) is 1.40. The maximum absolute atomic E-state index is 12.0. The smallest absolute Gasteiger partial charge is 0.307 e. The van der Waals surface area contributed by atoms with Gasteiger partial charge in [-0.2, -0.15) is 0 Å². The lowest BCUT2D eigenvalue weighted by atomic mass is 9.95. The molecule has 1 aromatic rings. The molecule has 0 aliphatic carbocycles. The topological polar surface area (TPSA) is 70.5 Å². The van der Waals surface area contributed by atoms with Crippen molar-refractivity contribution in [3.63, 3.8) is 0 Å². The number of carbonyl (C=O) groups excluding carboxylic acids is 1. The number of pyridine rings is 1. The summed E-state index contributed by atoms with van der Waals surface area (Å²) in [6.45, 7) is 3.15. The van der Waals surface area contributed by atoms with Crippen LogP contribution in [0.1, 0.15) is 13.8 Å². The van der Waals surface area contributed by atoms with E-state index in [9.17, 15) is 9.59 Å². The number of amides is 1. The van der Waals surface area contributed by atoms with Gasteiger partial charge in [-0.25, -0.2) is 0 Å². The van der Waals surface area contributed by atoms with Gasteiger partial charge in [0.15, 0.2) is 0 Å². The van der Waals surface area contributed by atoms with Gasteiger partial charge in [-0.15, -0.1) is 0 Å². The van der Waals surface area contributed by atoms with Crippen LogP contribution in [0.25, 0.3) is 0 Å². The van der Waals surface area contributed by atoms with Gasteiger partial charge >= 0.3 is 5.97 Å². The molecular weight excluding hydrogens is 220 g/mol. The zero-order chi connectivity index (χ0) is 13.0. The molecule has 1 aromatic heterocycles. The summed E-state index contributed by atoms with van der Waals surface area (Å²) in [7, 11) is 1.62. The molecule has 2 unspecified atom stereocenters. The first-order valence-corrected chi connectivity index (χ1v) is 5.35. The van der Waals surface area contributed by atoms with Gasteiger partial charge in [-0.05, 0) is 12.1 Å². The lowest BCUT2D eigenvalue weighted by Gasteiger charge is -2.23.